The molecule has 1 aromatic heterocycles. The first kappa shape index (κ1) is 16.5. The average molecular weight is 318 g/mol. The van der Waals surface area contributed by atoms with Gasteiger partial charge in [0.1, 0.15) is 17.0 Å². The van der Waals surface area contributed by atoms with Crippen molar-refractivity contribution in [2.45, 2.75) is 20.3 Å². The highest BCUT2D eigenvalue weighted by Crippen LogP contribution is 2.22. The molecule has 1 amide bonds. The fourth-order valence-corrected chi connectivity index (χ4v) is 2.19. The molecule has 0 unspecified atom stereocenters. The van der Waals surface area contributed by atoms with Gasteiger partial charge in [0, 0.05) is 19.2 Å². The molecule has 0 saturated heterocycles. The lowest BCUT2D eigenvalue weighted by Crippen LogP contribution is -2.29. The Labute approximate surface area is 133 Å². The summed E-state index contributed by atoms with van der Waals surface area (Å²) in [5, 5.41) is 20.4. The second kappa shape index (κ2) is 7.39. The van der Waals surface area contributed by atoms with E-state index >= 15 is 0 Å². The Morgan fingerprint density at radius 2 is 2.09 bits per heavy atom. The van der Waals surface area contributed by atoms with E-state index in [1.165, 1.54) is 6.07 Å². The maximum Gasteiger partial charge on any atom is 0.292 e. The van der Waals surface area contributed by atoms with E-state index in [1.54, 1.807) is 25.1 Å². The van der Waals surface area contributed by atoms with Gasteiger partial charge in [-0.1, -0.05) is 24.2 Å². The minimum Gasteiger partial charge on any atom is -0.378 e. The number of nitrogens with one attached hydrogen (secondary N) is 2. The highest BCUT2D eigenvalue weighted by molar-refractivity contribution is 5.96. The zero-order chi connectivity index (χ0) is 16.8. The summed E-state index contributed by atoms with van der Waals surface area (Å²) in [4.78, 5) is 22.6. The lowest BCUT2D eigenvalue weighted by Gasteiger charge is -2.08. The van der Waals surface area contributed by atoms with Gasteiger partial charge in [-0.05, 0) is 19.4 Å². The maximum absolute atomic E-state index is 12.1. The van der Waals surface area contributed by atoms with Crippen molar-refractivity contribution in [3.63, 3.8) is 0 Å². The fraction of sp³-hybridized carbons (Fsp3) is 0.333. The second-order valence-corrected chi connectivity index (χ2v) is 4.87. The summed E-state index contributed by atoms with van der Waals surface area (Å²) in [5.74, 6) is 0.218. The SMILES string of the molecule is CCc1noc(C)c1C(=O)NCCNc1ccccc1[N+](=O)[O-]. The van der Waals surface area contributed by atoms with Crippen molar-refractivity contribution in [1.29, 1.82) is 0 Å². The fourth-order valence-electron chi connectivity index (χ4n) is 2.19. The Kier molecular flexibility index (Phi) is 5.29. The number of carbonyl (C=O) groups is 1. The number of nitrogens with zero attached hydrogens (tertiary/aromatic N) is 2. The molecule has 0 bridgehead atoms. The Morgan fingerprint density at radius 3 is 2.78 bits per heavy atom. The second-order valence-electron chi connectivity index (χ2n) is 4.87. The van der Waals surface area contributed by atoms with Crippen molar-refractivity contribution in [3.8, 4) is 0 Å². The van der Waals surface area contributed by atoms with E-state index in [-0.39, 0.29) is 11.6 Å². The molecule has 122 valence electrons. The highest BCUT2D eigenvalue weighted by atomic mass is 16.6. The number of anilines is 1. The maximum atomic E-state index is 12.1. The van der Waals surface area contributed by atoms with Gasteiger partial charge < -0.3 is 15.2 Å². The van der Waals surface area contributed by atoms with Crippen LogP contribution in [0.25, 0.3) is 0 Å². The van der Waals surface area contributed by atoms with Crippen LogP contribution in [0.1, 0.15) is 28.7 Å². The number of hydrogen-bond donors (Lipinski definition) is 2. The van der Waals surface area contributed by atoms with Crippen LogP contribution in [0, 0.1) is 17.0 Å². The minimum atomic E-state index is -0.449. The van der Waals surface area contributed by atoms with E-state index in [4.69, 9.17) is 4.52 Å². The molecule has 0 aliphatic rings. The van der Waals surface area contributed by atoms with Gasteiger partial charge in [0.2, 0.25) is 0 Å². The van der Waals surface area contributed by atoms with Crippen LogP contribution >= 0.6 is 0 Å². The van der Waals surface area contributed by atoms with Crippen LogP contribution in [0.3, 0.4) is 0 Å². The minimum absolute atomic E-state index is 0.00183. The molecule has 0 radical (unpaired) electrons. The highest BCUT2D eigenvalue weighted by Gasteiger charge is 2.18. The van der Waals surface area contributed by atoms with Crippen LogP contribution < -0.4 is 10.6 Å². The molecular weight excluding hydrogens is 300 g/mol. The van der Waals surface area contributed by atoms with Gasteiger partial charge in [-0.3, -0.25) is 14.9 Å². The average Bonchev–Trinajstić information content (AvgIpc) is 2.92. The van der Waals surface area contributed by atoms with Crippen LogP contribution in [0.4, 0.5) is 11.4 Å². The van der Waals surface area contributed by atoms with E-state index in [1.807, 2.05) is 6.92 Å². The molecule has 0 saturated carbocycles. The topological polar surface area (TPSA) is 110 Å². The quantitative estimate of drug-likeness (QED) is 0.460. The van der Waals surface area contributed by atoms with Crippen molar-refractivity contribution in [1.82, 2.24) is 10.5 Å². The molecule has 8 nitrogen and oxygen atoms in total. The summed E-state index contributed by atoms with van der Waals surface area (Å²) in [7, 11) is 0. The van der Waals surface area contributed by atoms with E-state index < -0.39 is 4.92 Å². The first-order valence-corrected chi connectivity index (χ1v) is 7.25. The van der Waals surface area contributed by atoms with E-state index in [2.05, 4.69) is 15.8 Å². The third-order valence-corrected chi connectivity index (χ3v) is 3.32. The molecule has 0 spiro atoms. The number of carbonyl (C=O) groups excluding carboxylic acids is 1. The van der Waals surface area contributed by atoms with Crippen LogP contribution in [0.5, 0.6) is 0 Å². The molecule has 2 aromatic rings. The third kappa shape index (κ3) is 3.85. The van der Waals surface area contributed by atoms with Crippen molar-refractivity contribution in [2.24, 2.45) is 0 Å². The van der Waals surface area contributed by atoms with Crippen LogP contribution in [-0.4, -0.2) is 29.1 Å². The first-order valence-electron chi connectivity index (χ1n) is 7.25. The van der Waals surface area contributed by atoms with Crippen molar-refractivity contribution in [2.75, 3.05) is 18.4 Å². The Morgan fingerprint density at radius 1 is 1.35 bits per heavy atom. The van der Waals surface area contributed by atoms with Crippen molar-refractivity contribution < 1.29 is 14.2 Å². The van der Waals surface area contributed by atoms with Gasteiger partial charge in [0.25, 0.3) is 11.6 Å². The summed E-state index contributed by atoms with van der Waals surface area (Å²) in [6.45, 7) is 4.26. The Balaban J connectivity index is 1.90. The number of hydrogen-bond acceptors (Lipinski definition) is 6. The van der Waals surface area contributed by atoms with Gasteiger partial charge in [-0.25, -0.2) is 0 Å². The van der Waals surface area contributed by atoms with Gasteiger partial charge in [-0.2, -0.15) is 0 Å². The molecule has 0 atom stereocenters. The number of rotatable bonds is 7. The van der Waals surface area contributed by atoms with Gasteiger partial charge >= 0.3 is 0 Å². The number of benzene rings is 1. The molecule has 0 aliphatic heterocycles. The number of aryl methyl sites for hydroxylation is 2. The third-order valence-electron chi connectivity index (χ3n) is 3.32. The van der Waals surface area contributed by atoms with Crippen LogP contribution in [0.15, 0.2) is 28.8 Å². The first-order chi connectivity index (χ1) is 11.0. The van der Waals surface area contributed by atoms with E-state index in [9.17, 15) is 14.9 Å². The predicted octanol–water partition coefficient (Wildman–Crippen LogP) is 2.30. The standard InChI is InChI=1S/C15H18N4O4/c1-3-11-14(10(2)23-18-11)15(20)17-9-8-16-12-6-4-5-7-13(12)19(21)22/h4-7,16H,3,8-9H2,1-2H3,(H,17,20). The molecule has 23 heavy (non-hydrogen) atoms. The molecule has 1 heterocycles. The summed E-state index contributed by atoms with van der Waals surface area (Å²) in [5.41, 5.74) is 1.49. The molecule has 0 fully saturated rings. The summed E-state index contributed by atoms with van der Waals surface area (Å²) >= 11 is 0. The van der Waals surface area contributed by atoms with Gasteiger partial charge in [0.15, 0.2) is 0 Å². The van der Waals surface area contributed by atoms with E-state index in [0.29, 0.717) is 42.2 Å². The van der Waals surface area contributed by atoms with Gasteiger partial charge in [-0.15, -0.1) is 0 Å². The lowest BCUT2D eigenvalue weighted by molar-refractivity contribution is -0.384. The molecule has 2 rings (SSSR count). The molecule has 0 aliphatic carbocycles. The zero-order valence-corrected chi connectivity index (χ0v) is 13.0. The zero-order valence-electron chi connectivity index (χ0n) is 13.0. The van der Waals surface area contributed by atoms with Crippen LogP contribution in [0.2, 0.25) is 0 Å². The Bertz CT molecular complexity index is 711. The van der Waals surface area contributed by atoms with Crippen LogP contribution in [-0.2, 0) is 6.42 Å². The number of aromatic nitrogens is 1. The smallest absolute Gasteiger partial charge is 0.292 e. The monoisotopic (exact) mass is 318 g/mol. The normalized spacial score (nSPS) is 10.3. The molecular formula is C15H18N4O4. The van der Waals surface area contributed by atoms with Crippen molar-refractivity contribution >= 4 is 17.3 Å². The molecule has 1 aromatic carbocycles. The summed E-state index contributed by atoms with van der Waals surface area (Å²) in [6.07, 6.45) is 0.606. The number of nitro benzene ring substituents is 1. The summed E-state index contributed by atoms with van der Waals surface area (Å²) in [6, 6.07) is 6.36. The predicted molar refractivity (Wildman–Crippen MR) is 84.5 cm³/mol. The lowest BCUT2D eigenvalue weighted by atomic mass is 10.1. The molecule has 2 N–H and O–H groups in total. The number of amides is 1. The van der Waals surface area contributed by atoms with Gasteiger partial charge in [0.05, 0.1) is 10.6 Å². The summed E-state index contributed by atoms with van der Waals surface area (Å²) < 4.78 is 5.02. The molecule has 8 heteroatoms. The van der Waals surface area contributed by atoms with E-state index in [0.717, 1.165) is 0 Å². The van der Waals surface area contributed by atoms with Crippen molar-refractivity contribution in [3.05, 3.63) is 51.4 Å². The number of nitro groups is 1. The Hall–Kier alpha value is -2.90. The number of para-hydroxylation sites is 2. The largest absolute Gasteiger partial charge is 0.378 e.